The lowest BCUT2D eigenvalue weighted by Gasteiger charge is -2.37. The highest BCUT2D eigenvalue weighted by atomic mass is 19.1. The minimum absolute atomic E-state index is 0.0433. The molecule has 0 saturated carbocycles. The van der Waals surface area contributed by atoms with Crippen LogP contribution in [0.1, 0.15) is 38.3 Å². The van der Waals surface area contributed by atoms with E-state index in [1.165, 1.54) is 12.1 Å². The molecule has 1 heterocycles. The summed E-state index contributed by atoms with van der Waals surface area (Å²) in [6.45, 7) is 6.07. The number of phenolic OH excluding ortho intramolecular Hbond substituents is 1. The SMILES string of the molecule is CC(N)C1CCN(C(C)c2ccc(F)cc2O)CC1. The molecule has 0 amide bonds. The molecule has 1 aliphatic heterocycles. The molecule has 1 saturated heterocycles. The molecule has 19 heavy (non-hydrogen) atoms. The predicted octanol–water partition coefficient (Wildman–Crippen LogP) is 2.65. The molecular formula is C15H23FN2O. The summed E-state index contributed by atoms with van der Waals surface area (Å²) >= 11 is 0. The number of benzene rings is 1. The van der Waals surface area contributed by atoms with Crippen LogP contribution in [0, 0.1) is 11.7 Å². The molecule has 0 spiro atoms. The van der Waals surface area contributed by atoms with Gasteiger partial charge >= 0.3 is 0 Å². The van der Waals surface area contributed by atoms with Gasteiger partial charge in [0, 0.05) is 23.7 Å². The third-order valence-electron chi connectivity index (χ3n) is 4.31. The first-order valence-electron chi connectivity index (χ1n) is 6.97. The minimum Gasteiger partial charge on any atom is -0.508 e. The molecule has 0 aliphatic carbocycles. The van der Waals surface area contributed by atoms with Gasteiger partial charge in [-0.1, -0.05) is 6.07 Å². The molecule has 0 aromatic heterocycles. The quantitative estimate of drug-likeness (QED) is 0.884. The van der Waals surface area contributed by atoms with Crippen molar-refractivity contribution in [1.82, 2.24) is 4.90 Å². The highest BCUT2D eigenvalue weighted by molar-refractivity contribution is 5.35. The molecule has 1 aromatic carbocycles. The Kier molecular flexibility index (Phi) is 4.42. The van der Waals surface area contributed by atoms with Crippen molar-refractivity contribution in [2.45, 2.75) is 38.8 Å². The van der Waals surface area contributed by atoms with E-state index < -0.39 is 5.82 Å². The first kappa shape index (κ1) is 14.3. The molecule has 2 unspecified atom stereocenters. The highest BCUT2D eigenvalue weighted by Gasteiger charge is 2.26. The fourth-order valence-corrected chi connectivity index (χ4v) is 2.90. The summed E-state index contributed by atoms with van der Waals surface area (Å²) in [6.07, 6.45) is 2.17. The summed E-state index contributed by atoms with van der Waals surface area (Å²) in [4.78, 5) is 2.33. The van der Waals surface area contributed by atoms with Gasteiger partial charge in [-0.3, -0.25) is 4.90 Å². The van der Waals surface area contributed by atoms with Crippen LogP contribution in [0.15, 0.2) is 18.2 Å². The van der Waals surface area contributed by atoms with E-state index >= 15 is 0 Å². The normalized spacial score (nSPS) is 21.3. The zero-order chi connectivity index (χ0) is 14.0. The van der Waals surface area contributed by atoms with Crippen LogP contribution in [0.5, 0.6) is 5.75 Å². The topological polar surface area (TPSA) is 49.5 Å². The second-order valence-electron chi connectivity index (χ2n) is 5.61. The van der Waals surface area contributed by atoms with E-state index in [4.69, 9.17) is 5.73 Å². The van der Waals surface area contributed by atoms with E-state index in [2.05, 4.69) is 18.7 Å². The Bertz CT molecular complexity index is 428. The first-order chi connectivity index (χ1) is 8.99. The number of hydrogen-bond donors (Lipinski definition) is 2. The van der Waals surface area contributed by atoms with Gasteiger partial charge in [-0.05, 0) is 51.8 Å². The van der Waals surface area contributed by atoms with E-state index in [1.807, 2.05) is 0 Å². The number of likely N-dealkylation sites (tertiary alicyclic amines) is 1. The number of phenols is 1. The van der Waals surface area contributed by atoms with Crippen molar-refractivity contribution in [2.75, 3.05) is 13.1 Å². The predicted molar refractivity (Wildman–Crippen MR) is 74.4 cm³/mol. The summed E-state index contributed by atoms with van der Waals surface area (Å²) < 4.78 is 13.0. The number of halogens is 1. The third-order valence-corrected chi connectivity index (χ3v) is 4.31. The zero-order valence-corrected chi connectivity index (χ0v) is 11.6. The Morgan fingerprint density at radius 3 is 2.47 bits per heavy atom. The maximum Gasteiger partial charge on any atom is 0.126 e. The summed E-state index contributed by atoms with van der Waals surface area (Å²) in [5.41, 5.74) is 6.73. The summed E-state index contributed by atoms with van der Waals surface area (Å²) in [5, 5.41) is 9.85. The lowest BCUT2D eigenvalue weighted by molar-refractivity contribution is 0.131. The molecule has 106 valence electrons. The average molecular weight is 266 g/mol. The van der Waals surface area contributed by atoms with Crippen LogP contribution in [0.2, 0.25) is 0 Å². The smallest absolute Gasteiger partial charge is 0.126 e. The van der Waals surface area contributed by atoms with Gasteiger partial charge in [0.05, 0.1) is 0 Å². The second-order valence-corrected chi connectivity index (χ2v) is 5.61. The van der Waals surface area contributed by atoms with Crippen LogP contribution in [0.4, 0.5) is 4.39 Å². The largest absolute Gasteiger partial charge is 0.508 e. The van der Waals surface area contributed by atoms with E-state index in [1.54, 1.807) is 6.07 Å². The van der Waals surface area contributed by atoms with Crippen LogP contribution < -0.4 is 5.73 Å². The van der Waals surface area contributed by atoms with E-state index in [-0.39, 0.29) is 17.8 Å². The van der Waals surface area contributed by atoms with Crippen molar-refractivity contribution in [2.24, 2.45) is 11.7 Å². The fraction of sp³-hybridized carbons (Fsp3) is 0.600. The summed E-state index contributed by atoms with van der Waals surface area (Å²) in [7, 11) is 0. The number of nitrogens with two attached hydrogens (primary N) is 1. The van der Waals surface area contributed by atoms with Gasteiger partial charge in [-0.25, -0.2) is 4.39 Å². The van der Waals surface area contributed by atoms with E-state index in [0.717, 1.165) is 31.5 Å². The van der Waals surface area contributed by atoms with Crippen molar-refractivity contribution >= 4 is 0 Å². The molecule has 0 bridgehead atoms. The first-order valence-corrected chi connectivity index (χ1v) is 6.97. The van der Waals surface area contributed by atoms with Crippen LogP contribution in [0.25, 0.3) is 0 Å². The van der Waals surface area contributed by atoms with Gasteiger partial charge < -0.3 is 10.8 Å². The molecule has 2 atom stereocenters. The van der Waals surface area contributed by atoms with Gasteiger partial charge in [0.1, 0.15) is 11.6 Å². The van der Waals surface area contributed by atoms with Crippen LogP contribution >= 0.6 is 0 Å². The molecular weight excluding hydrogens is 243 g/mol. The maximum atomic E-state index is 13.0. The zero-order valence-electron chi connectivity index (χ0n) is 11.6. The van der Waals surface area contributed by atoms with Crippen molar-refractivity contribution in [3.63, 3.8) is 0 Å². The Hall–Kier alpha value is -1.13. The summed E-state index contributed by atoms with van der Waals surface area (Å²) in [6, 6.07) is 4.61. The standard InChI is InChI=1S/C15H23FN2O/c1-10(17)12-5-7-18(8-6-12)11(2)14-4-3-13(16)9-15(14)19/h3-4,9-12,19H,5-8,17H2,1-2H3. The van der Waals surface area contributed by atoms with Gasteiger partial charge in [0.15, 0.2) is 0 Å². The molecule has 1 aliphatic rings. The number of nitrogens with zero attached hydrogens (tertiary/aromatic N) is 1. The third kappa shape index (κ3) is 3.25. The Morgan fingerprint density at radius 1 is 1.32 bits per heavy atom. The maximum absolute atomic E-state index is 13.0. The average Bonchev–Trinajstić information content (AvgIpc) is 2.38. The number of rotatable bonds is 3. The Morgan fingerprint density at radius 2 is 1.95 bits per heavy atom. The highest BCUT2D eigenvalue weighted by Crippen LogP contribution is 2.32. The van der Waals surface area contributed by atoms with E-state index in [9.17, 15) is 9.50 Å². The molecule has 3 N–H and O–H groups in total. The van der Waals surface area contributed by atoms with Crippen molar-refractivity contribution in [3.05, 3.63) is 29.6 Å². The van der Waals surface area contributed by atoms with Gasteiger partial charge in [-0.2, -0.15) is 0 Å². The Labute approximate surface area is 114 Å². The second kappa shape index (κ2) is 5.88. The van der Waals surface area contributed by atoms with Crippen LogP contribution in [0.3, 0.4) is 0 Å². The van der Waals surface area contributed by atoms with Crippen LogP contribution in [-0.2, 0) is 0 Å². The molecule has 4 heteroatoms. The fourth-order valence-electron chi connectivity index (χ4n) is 2.90. The van der Waals surface area contributed by atoms with Crippen molar-refractivity contribution in [3.8, 4) is 5.75 Å². The summed E-state index contributed by atoms with van der Waals surface area (Å²) in [5.74, 6) is 0.233. The minimum atomic E-state index is -0.399. The van der Waals surface area contributed by atoms with Crippen molar-refractivity contribution in [1.29, 1.82) is 0 Å². The van der Waals surface area contributed by atoms with Crippen LogP contribution in [-0.4, -0.2) is 29.1 Å². The molecule has 1 fully saturated rings. The lowest BCUT2D eigenvalue weighted by Crippen LogP contribution is -2.40. The number of piperidine rings is 1. The van der Waals surface area contributed by atoms with E-state index in [0.29, 0.717) is 5.92 Å². The Balaban J connectivity index is 2.03. The number of hydrogen-bond acceptors (Lipinski definition) is 3. The molecule has 3 nitrogen and oxygen atoms in total. The van der Waals surface area contributed by atoms with Gasteiger partial charge in [-0.15, -0.1) is 0 Å². The van der Waals surface area contributed by atoms with Gasteiger partial charge in [0.25, 0.3) is 0 Å². The molecule has 2 rings (SSSR count). The molecule has 1 aromatic rings. The number of aromatic hydroxyl groups is 1. The molecule has 0 radical (unpaired) electrons. The lowest BCUT2D eigenvalue weighted by atomic mass is 9.89. The van der Waals surface area contributed by atoms with Crippen molar-refractivity contribution < 1.29 is 9.50 Å². The monoisotopic (exact) mass is 266 g/mol. The van der Waals surface area contributed by atoms with Gasteiger partial charge in [0.2, 0.25) is 0 Å².